The zero-order chi connectivity index (χ0) is 15.2. The number of carbonyl (C=O) groups is 2. The predicted octanol–water partition coefficient (Wildman–Crippen LogP) is 4.68. The molecule has 0 radical (unpaired) electrons. The van der Waals surface area contributed by atoms with Gasteiger partial charge in [-0.1, -0.05) is 58.0 Å². The van der Waals surface area contributed by atoms with Crippen molar-refractivity contribution in [2.24, 2.45) is 11.3 Å². The van der Waals surface area contributed by atoms with Gasteiger partial charge in [-0.2, -0.15) is 0 Å². The van der Waals surface area contributed by atoms with Gasteiger partial charge in [0.25, 0.3) is 0 Å². The first-order valence-electron chi connectivity index (χ1n) is 7.71. The summed E-state index contributed by atoms with van der Waals surface area (Å²) in [5.41, 5.74) is -0.201. The summed E-state index contributed by atoms with van der Waals surface area (Å²) in [5.74, 6) is 0.101. The summed E-state index contributed by atoms with van der Waals surface area (Å²) in [6.45, 7) is 7.94. The fourth-order valence-corrected chi connectivity index (χ4v) is 2.95. The highest BCUT2D eigenvalue weighted by atomic mass is 16.2. The lowest BCUT2D eigenvalue weighted by Crippen LogP contribution is -2.42. The normalized spacial score (nSPS) is 11.7. The third-order valence-electron chi connectivity index (χ3n) is 4.51. The number of Topliss-reactive ketones (excluding diaryl/α,β-unsaturated/α-hetero) is 2. The van der Waals surface area contributed by atoms with E-state index in [0.29, 0.717) is 18.4 Å². The third-order valence-corrected chi connectivity index (χ3v) is 4.51. The molecule has 0 N–H and O–H groups in total. The van der Waals surface area contributed by atoms with Crippen LogP contribution in [0.25, 0.3) is 0 Å². The average molecular weight is 274 g/mol. The molecular weight excluding hydrogens is 248 g/mol. The summed E-state index contributed by atoms with van der Waals surface area (Å²) in [6.07, 6.45) is 2.76. The first-order chi connectivity index (χ1) is 9.57. The van der Waals surface area contributed by atoms with E-state index >= 15 is 0 Å². The first kappa shape index (κ1) is 16.6. The minimum absolute atomic E-state index is 0.0115. The maximum atomic E-state index is 12.9. The molecule has 0 unspecified atom stereocenters. The molecule has 1 rings (SSSR count). The number of ketones is 2. The van der Waals surface area contributed by atoms with Gasteiger partial charge in [-0.3, -0.25) is 9.59 Å². The van der Waals surface area contributed by atoms with Crippen LogP contribution in [0, 0.1) is 11.3 Å². The Morgan fingerprint density at radius 3 is 1.85 bits per heavy atom. The van der Waals surface area contributed by atoms with Crippen molar-refractivity contribution >= 4 is 11.6 Å². The topological polar surface area (TPSA) is 34.1 Å². The van der Waals surface area contributed by atoms with E-state index in [1.54, 1.807) is 0 Å². The molecule has 1 aromatic carbocycles. The van der Waals surface area contributed by atoms with E-state index in [1.165, 1.54) is 0 Å². The Morgan fingerprint density at radius 2 is 1.45 bits per heavy atom. The third kappa shape index (κ3) is 3.00. The van der Waals surface area contributed by atoms with E-state index in [2.05, 4.69) is 0 Å². The molecule has 0 atom stereocenters. The number of benzene rings is 1. The molecule has 110 valence electrons. The van der Waals surface area contributed by atoms with Gasteiger partial charge in [0.15, 0.2) is 5.78 Å². The van der Waals surface area contributed by atoms with E-state index in [4.69, 9.17) is 0 Å². The van der Waals surface area contributed by atoms with Gasteiger partial charge in [-0.05, 0) is 25.7 Å². The smallest absolute Gasteiger partial charge is 0.176 e. The van der Waals surface area contributed by atoms with Gasteiger partial charge in [-0.25, -0.2) is 0 Å². The largest absolute Gasteiger partial charge is 0.298 e. The predicted molar refractivity (Wildman–Crippen MR) is 82.9 cm³/mol. The Labute approximate surface area is 122 Å². The van der Waals surface area contributed by atoms with Gasteiger partial charge in [0.2, 0.25) is 0 Å². The Morgan fingerprint density at radius 1 is 0.950 bits per heavy atom. The van der Waals surface area contributed by atoms with Gasteiger partial charge < -0.3 is 0 Å². The second kappa shape index (κ2) is 7.37. The van der Waals surface area contributed by atoms with E-state index in [1.807, 2.05) is 58.0 Å². The molecule has 1 aromatic rings. The monoisotopic (exact) mass is 274 g/mol. The summed E-state index contributed by atoms with van der Waals surface area (Å²) < 4.78 is 0. The maximum Gasteiger partial charge on any atom is 0.176 e. The molecule has 0 aliphatic carbocycles. The molecular formula is C18H26O2. The minimum atomic E-state index is -0.849. The molecule has 0 bridgehead atoms. The van der Waals surface area contributed by atoms with Gasteiger partial charge >= 0.3 is 0 Å². The van der Waals surface area contributed by atoms with Crippen LogP contribution >= 0.6 is 0 Å². The molecule has 0 saturated carbocycles. The zero-order valence-electron chi connectivity index (χ0n) is 13.1. The van der Waals surface area contributed by atoms with Crippen molar-refractivity contribution in [1.29, 1.82) is 0 Å². The quantitative estimate of drug-likeness (QED) is 0.509. The van der Waals surface area contributed by atoms with Crippen molar-refractivity contribution in [3.05, 3.63) is 35.9 Å². The van der Waals surface area contributed by atoms with Crippen LogP contribution in [-0.2, 0) is 4.79 Å². The summed E-state index contributed by atoms with van der Waals surface area (Å²) >= 11 is 0. The zero-order valence-corrected chi connectivity index (χ0v) is 13.1. The van der Waals surface area contributed by atoms with E-state index in [9.17, 15) is 9.59 Å². The van der Waals surface area contributed by atoms with Crippen LogP contribution in [-0.4, -0.2) is 11.6 Å². The van der Waals surface area contributed by atoms with Crippen LogP contribution in [0.3, 0.4) is 0 Å². The Bertz CT molecular complexity index is 440. The molecule has 0 aromatic heterocycles. The highest BCUT2D eigenvalue weighted by Crippen LogP contribution is 2.36. The summed E-state index contributed by atoms with van der Waals surface area (Å²) in [7, 11) is 0. The molecule has 0 heterocycles. The molecule has 0 amide bonds. The number of rotatable bonds is 8. The first-order valence-corrected chi connectivity index (χ1v) is 7.71. The Kier molecular flexibility index (Phi) is 6.12. The Hall–Kier alpha value is -1.44. The number of hydrogen-bond acceptors (Lipinski definition) is 2. The van der Waals surface area contributed by atoms with Crippen LogP contribution in [0.2, 0.25) is 0 Å². The van der Waals surface area contributed by atoms with Crippen molar-refractivity contribution in [2.75, 3.05) is 0 Å². The standard InChI is InChI=1S/C18H26O2/c1-5-14(6-2)16(19)18(7-3,8-4)17(20)15-12-10-9-11-13-15/h9-14H,5-8H2,1-4H3. The minimum Gasteiger partial charge on any atom is -0.298 e. The highest BCUT2D eigenvalue weighted by Gasteiger charge is 2.44. The van der Waals surface area contributed by atoms with Crippen molar-refractivity contribution in [2.45, 2.75) is 53.4 Å². The lowest BCUT2D eigenvalue weighted by atomic mass is 9.68. The van der Waals surface area contributed by atoms with Crippen LogP contribution in [0.15, 0.2) is 30.3 Å². The van der Waals surface area contributed by atoms with Gasteiger partial charge in [0, 0.05) is 11.5 Å². The summed E-state index contributed by atoms with van der Waals surface area (Å²) in [6, 6.07) is 9.21. The molecule has 0 fully saturated rings. The lowest BCUT2D eigenvalue weighted by molar-refractivity contribution is -0.131. The molecule has 0 aliphatic heterocycles. The van der Waals surface area contributed by atoms with Crippen LogP contribution < -0.4 is 0 Å². The maximum absolute atomic E-state index is 12.9. The average Bonchev–Trinajstić information content (AvgIpc) is 2.51. The fraction of sp³-hybridized carbons (Fsp3) is 0.556. The fourth-order valence-electron chi connectivity index (χ4n) is 2.95. The van der Waals surface area contributed by atoms with Gasteiger partial charge in [-0.15, -0.1) is 0 Å². The second-order valence-electron chi connectivity index (χ2n) is 5.36. The molecule has 20 heavy (non-hydrogen) atoms. The highest BCUT2D eigenvalue weighted by molar-refractivity contribution is 6.15. The molecule has 2 nitrogen and oxygen atoms in total. The Balaban J connectivity index is 3.21. The van der Waals surface area contributed by atoms with Crippen molar-refractivity contribution in [3.8, 4) is 0 Å². The lowest BCUT2D eigenvalue weighted by Gasteiger charge is -2.32. The van der Waals surface area contributed by atoms with Crippen LogP contribution in [0.5, 0.6) is 0 Å². The van der Waals surface area contributed by atoms with E-state index < -0.39 is 5.41 Å². The van der Waals surface area contributed by atoms with E-state index in [-0.39, 0.29) is 17.5 Å². The molecule has 0 aliphatic rings. The summed E-state index contributed by atoms with van der Waals surface area (Å²) in [5, 5.41) is 0. The summed E-state index contributed by atoms with van der Waals surface area (Å²) in [4.78, 5) is 25.8. The van der Waals surface area contributed by atoms with Gasteiger partial charge in [0.1, 0.15) is 5.78 Å². The van der Waals surface area contributed by atoms with Crippen LogP contribution in [0.4, 0.5) is 0 Å². The van der Waals surface area contributed by atoms with Crippen molar-refractivity contribution < 1.29 is 9.59 Å². The molecule has 0 spiro atoms. The number of hydrogen-bond donors (Lipinski definition) is 0. The molecule has 2 heteroatoms. The number of carbonyl (C=O) groups excluding carboxylic acids is 2. The van der Waals surface area contributed by atoms with E-state index in [0.717, 1.165) is 12.8 Å². The van der Waals surface area contributed by atoms with Crippen LogP contribution in [0.1, 0.15) is 63.7 Å². The van der Waals surface area contributed by atoms with Crippen molar-refractivity contribution in [1.82, 2.24) is 0 Å². The van der Waals surface area contributed by atoms with Crippen molar-refractivity contribution in [3.63, 3.8) is 0 Å². The van der Waals surface area contributed by atoms with Gasteiger partial charge in [0.05, 0.1) is 5.41 Å². The second-order valence-corrected chi connectivity index (χ2v) is 5.36. The molecule has 0 saturated heterocycles. The SMILES string of the molecule is CCC(CC)C(=O)C(CC)(CC)C(=O)c1ccccc1.